The minimum Gasteiger partial charge on any atom is -0.358 e. The van der Waals surface area contributed by atoms with Gasteiger partial charge in [-0.15, -0.1) is 0 Å². The van der Waals surface area contributed by atoms with E-state index in [0.717, 1.165) is 30.2 Å². The normalized spacial score (nSPS) is 15.3. The van der Waals surface area contributed by atoms with E-state index in [4.69, 9.17) is 11.6 Å². The molecule has 1 aromatic carbocycles. The molecular weight excluding hydrogens is 346 g/mol. The maximum Gasteiger partial charge on any atom is 0.389 e. The largest absolute Gasteiger partial charge is 0.389 e. The summed E-state index contributed by atoms with van der Waals surface area (Å²) < 4.78 is 1.30. The number of halogens is 1. The Morgan fingerprint density at radius 1 is 1.20 bits per heavy atom. The Morgan fingerprint density at radius 3 is 2.56 bits per heavy atom. The zero-order valence-electron chi connectivity index (χ0n) is 13.5. The van der Waals surface area contributed by atoms with Crippen LogP contribution >= 0.6 is 11.6 Å². The summed E-state index contributed by atoms with van der Waals surface area (Å²) in [6.45, 7) is 3.52. The predicted molar refractivity (Wildman–Crippen MR) is 92.2 cm³/mol. The van der Waals surface area contributed by atoms with Gasteiger partial charge in [0.1, 0.15) is 6.54 Å². The van der Waals surface area contributed by atoms with Gasteiger partial charge in [0, 0.05) is 37.7 Å². The summed E-state index contributed by atoms with van der Waals surface area (Å²) in [6.07, 6.45) is 1.45. The van der Waals surface area contributed by atoms with Crippen LogP contribution in [0.25, 0.3) is 0 Å². The van der Waals surface area contributed by atoms with Crippen molar-refractivity contribution in [1.82, 2.24) is 19.6 Å². The fourth-order valence-corrected chi connectivity index (χ4v) is 2.99. The van der Waals surface area contributed by atoms with Crippen LogP contribution in [0, 0.1) is 10.1 Å². The Hall–Kier alpha value is -2.45. The molecule has 8 nitrogen and oxygen atoms in total. The second-order valence-corrected chi connectivity index (χ2v) is 6.28. The first-order chi connectivity index (χ1) is 12.0. The molecule has 1 saturated heterocycles. The molecule has 1 amide bonds. The van der Waals surface area contributed by atoms with E-state index in [1.165, 1.54) is 16.9 Å². The number of amides is 1. The quantitative estimate of drug-likeness (QED) is 0.597. The van der Waals surface area contributed by atoms with E-state index in [1.807, 2.05) is 24.3 Å². The molecule has 0 spiro atoms. The second-order valence-electron chi connectivity index (χ2n) is 5.88. The van der Waals surface area contributed by atoms with Crippen LogP contribution in [-0.4, -0.2) is 56.6 Å². The monoisotopic (exact) mass is 363 g/mol. The van der Waals surface area contributed by atoms with Crippen LogP contribution in [0.15, 0.2) is 36.5 Å². The molecule has 132 valence electrons. The SMILES string of the molecule is O=C(Cn1ccc([N+](=O)[O-])n1)N1CCN(Cc2ccccc2Cl)CC1. The van der Waals surface area contributed by atoms with Crippen molar-refractivity contribution >= 4 is 23.3 Å². The lowest BCUT2D eigenvalue weighted by atomic mass is 10.2. The van der Waals surface area contributed by atoms with Crippen LogP contribution in [0.1, 0.15) is 5.56 Å². The zero-order valence-corrected chi connectivity index (χ0v) is 14.3. The molecule has 0 unspecified atom stereocenters. The molecule has 0 saturated carbocycles. The van der Waals surface area contributed by atoms with E-state index >= 15 is 0 Å². The molecule has 3 rings (SSSR count). The van der Waals surface area contributed by atoms with Gasteiger partial charge in [0.2, 0.25) is 5.91 Å². The van der Waals surface area contributed by atoms with E-state index in [9.17, 15) is 14.9 Å². The topological polar surface area (TPSA) is 84.5 Å². The van der Waals surface area contributed by atoms with Crippen molar-refractivity contribution in [2.45, 2.75) is 13.1 Å². The standard InChI is InChI=1S/C16H18ClN5O3/c17-14-4-2-1-3-13(14)11-19-7-9-20(10-8-19)16(23)12-21-6-5-15(18-21)22(24)25/h1-6H,7-12H2. The first-order valence-electron chi connectivity index (χ1n) is 7.94. The lowest BCUT2D eigenvalue weighted by molar-refractivity contribution is -0.389. The maximum absolute atomic E-state index is 12.3. The summed E-state index contributed by atoms with van der Waals surface area (Å²) in [5.74, 6) is -0.340. The van der Waals surface area contributed by atoms with Crippen molar-refractivity contribution in [2.75, 3.05) is 26.2 Å². The van der Waals surface area contributed by atoms with E-state index in [1.54, 1.807) is 4.90 Å². The molecule has 1 fully saturated rings. The van der Waals surface area contributed by atoms with Crippen LogP contribution in [0.3, 0.4) is 0 Å². The molecule has 0 atom stereocenters. The average Bonchev–Trinajstić information content (AvgIpc) is 3.06. The number of piperazine rings is 1. The summed E-state index contributed by atoms with van der Waals surface area (Å²) >= 11 is 6.19. The maximum atomic E-state index is 12.3. The molecule has 0 aliphatic carbocycles. The number of nitro groups is 1. The van der Waals surface area contributed by atoms with Gasteiger partial charge in [0.05, 0.1) is 17.4 Å². The number of carbonyl (C=O) groups is 1. The molecule has 1 aliphatic rings. The van der Waals surface area contributed by atoms with Gasteiger partial charge in [0.25, 0.3) is 0 Å². The van der Waals surface area contributed by atoms with E-state index in [-0.39, 0.29) is 18.3 Å². The van der Waals surface area contributed by atoms with Gasteiger partial charge in [-0.25, -0.2) is 0 Å². The summed E-state index contributed by atoms with van der Waals surface area (Å²) in [5, 5.41) is 15.2. The third kappa shape index (κ3) is 4.34. The third-order valence-electron chi connectivity index (χ3n) is 4.19. The highest BCUT2D eigenvalue weighted by atomic mass is 35.5. The Balaban J connectivity index is 1.50. The fourth-order valence-electron chi connectivity index (χ4n) is 2.80. The van der Waals surface area contributed by atoms with Crippen molar-refractivity contribution in [1.29, 1.82) is 0 Å². The molecule has 25 heavy (non-hydrogen) atoms. The van der Waals surface area contributed by atoms with Gasteiger partial charge in [-0.1, -0.05) is 29.8 Å². The third-order valence-corrected chi connectivity index (χ3v) is 4.56. The highest BCUT2D eigenvalue weighted by molar-refractivity contribution is 6.31. The average molecular weight is 364 g/mol. The van der Waals surface area contributed by atoms with Gasteiger partial charge in [0.15, 0.2) is 0 Å². The summed E-state index contributed by atoms with van der Waals surface area (Å²) in [4.78, 5) is 26.4. The van der Waals surface area contributed by atoms with E-state index < -0.39 is 4.92 Å². The van der Waals surface area contributed by atoms with Gasteiger partial charge in [-0.2, -0.15) is 4.68 Å². The lowest BCUT2D eigenvalue weighted by Crippen LogP contribution is -2.49. The number of aromatic nitrogens is 2. The minimum atomic E-state index is -0.575. The van der Waals surface area contributed by atoms with Gasteiger partial charge >= 0.3 is 5.82 Å². The molecule has 0 bridgehead atoms. The van der Waals surface area contributed by atoms with Crippen LogP contribution in [0.4, 0.5) is 5.82 Å². The molecule has 1 aromatic heterocycles. The van der Waals surface area contributed by atoms with Crippen molar-refractivity contribution in [2.24, 2.45) is 0 Å². The van der Waals surface area contributed by atoms with Crippen LogP contribution in [-0.2, 0) is 17.9 Å². The summed E-state index contributed by atoms with van der Waals surface area (Å²) in [5.41, 5.74) is 1.08. The number of nitrogens with zero attached hydrogens (tertiary/aromatic N) is 5. The van der Waals surface area contributed by atoms with E-state index in [0.29, 0.717) is 13.1 Å². The second kappa shape index (κ2) is 7.62. The minimum absolute atomic E-state index is 0.0123. The van der Waals surface area contributed by atoms with Crippen LogP contribution < -0.4 is 0 Å². The molecular formula is C16H18ClN5O3. The van der Waals surface area contributed by atoms with Gasteiger partial charge in [-0.05, 0) is 16.6 Å². The Bertz CT molecular complexity index is 771. The number of hydrogen-bond acceptors (Lipinski definition) is 5. The van der Waals surface area contributed by atoms with Crippen LogP contribution in [0.5, 0.6) is 0 Å². The molecule has 1 aliphatic heterocycles. The summed E-state index contributed by atoms with van der Waals surface area (Å²) in [6, 6.07) is 9.03. The Morgan fingerprint density at radius 2 is 1.92 bits per heavy atom. The Labute approximate surface area is 149 Å². The molecule has 0 radical (unpaired) electrons. The number of benzene rings is 1. The number of carbonyl (C=O) groups excluding carboxylic acids is 1. The van der Waals surface area contributed by atoms with Gasteiger partial charge < -0.3 is 15.0 Å². The highest BCUT2D eigenvalue weighted by Crippen LogP contribution is 2.18. The highest BCUT2D eigenvalue weighted by Gasteiger charge is 2.23. The van der Waals surface area contributed by atoms with Crippen molar-refractivity contribution in [3.8, 4) is 0 Å². The van der Waals surface area contributed by atoms with Crippen molar-refractivity contribution in [3.05, 3.63) is 57.2 Å². The first kappa shape index (κ1) is 17.4. The lowest BCUT2D eigenvalue weighted by Gasteiger charge is -2.34. The molecule has 2 heterocycles. The molecule has 2 aromatic rings. The zero-order chi connectivity index (χ0) is 17.8. The first-order valence-corrected chi connectivity index (χ1v) is 8.32. The van der Waals surface area contributed by atoms with Gasteiger partial charge in [-0.3, -0.25) is 9.69 Å². The van der Waals surface area contributed by atoms with Crippen LogP contribution in [0.2, 0.25) is 5.02 Å². The van der Waals surface area contributed by atoms with Crippen molar-refractivity contribution in [3.63, 3.8) is 0 Å². The number of hydrogen-bond donors (Lipinski definition) is 0. The Kier molecular flexibility index (Phi) is 5.30. The van der Waals surface area contributed by atoms with Crippen molar-refractivity contribution < 1.29 is 9.72 Å². The fraction of sp³-hybridized carbons (Fsp3) is 0.375. The molecule has 9 heteroatoms. The van der Waals surface area contributed by atoms with E-state index in [2.05, 4.69) is 10.00 Å². The molecule has 0 N–H and O–H groups in total. The smallest absolute Gasteiger partial charge is 0.358 e. The predicted octanol–water partition coefficient (Wildman–Crippen LogP) is 1.79. The summed E-state index contributed by atoms with van der Waals surface area (Å²) in [7, 11) is 0. The number of rotatable bonds is 5.